The molecule has 1 N–H and O–H groups in total. The van der Waals surface area contributed by atoms with Gasteiger partial charge in [-0.1, -0.05) is 48.0 Å². The van der Waals surface area contributed by atoms with Gasteiger partial charge < -0.3 is 5.11 Å². The van der Waals surface area contributed by atoms with Crippen molar-refractivity contribution in [2.45, 2.75) is 25.4 Å². The minimum atomic E-state index is -0.713. The molecule has 1 fully saturated rings. The van der Waals surface area contributed by atoms with Crippen LogP contribution in [0.1, 0.15) is 18.4 Å². The van der Waals surface area contributed by atoms with Crippen LogP contribution in [0.3, 0.4) is 0 Å². The monoisotopic (exact) mass is 315 g/mol. The van der Waals surface area contributed by atoms with Crippen molar-refractivity contribution >= 4 is 17.6 Å². The Labute approximate surface area is 135 Å². The first-order chi connectivity index (χ1) is 10.6. The molecule has 3 rings (SSSR count). The zero-order valence-corrected chi connectivity index (χ0v) is 13.0. The van der Waals surface area contributed by atoms with Crippen LogP contribution in [0.2, 0.25) is 5.02 Å². The number of rotatable bonds is 4. The molecule has 0 spiro atoms. The molecule has 0 saturated carbocycles. The summed E-state index contributed by atoms with van der Waals surface area (Å²) in [6, 6.07) is 15.7. The molecule has 1 aliphatic rings. The number of hydrogen-bond donors (Lipinski definition) is 1. The molecule has 1 aliphatic heterocycles. The summed E-state index contributed by atoms with van der Waals surface area (Å²) < 4.78 is 0. The van der Waals surface area contributed by atoms with Crippen LogP contribution in [0.5, 0.6) is 0 Å². The van der Waals surface area contributed by atoms with Gasteiger partial charge in [-0.15, -0.1) is 0 Å². The maximum Gasteiger partial charge on any atom is 0.320 e. The number of carboxylic acid groups (broad SMARTS) is 1. The van der Waals surface area contributed by atoms with Crippen molar-refractivity contribution in [1.82, 2.24) is 4.90 Å². The van der Waals surface area contributed by atoms with E-state index in [1.807, 2.05) is 29.2 Å². The SMILES string of the molecule is O=C(O)[C@@H]1CCCN1Cc1ccc(-c2ccc(Cl)cc2)cc1. The van der Waals surface area contributed by atoms with Crippen molar-refractivity contribution in [3.63, 3.8) is 0 Å². The summed E-state index contributed by atoms with van der Waals surface area (Å²) in [6.07, 6.45) is 1.71. The highest BCUT2D eigenvalue weighted by Gasteiger charge is 2.30. The first kappa shape index (κ1) is 15.1. The van der Waals surface area contributed by atoms with Gasteiger partial charge in [0.15, 0.2) is 0 Å². The number of carboxylic acids is 1. The van der Waals surface area contributed by atoms with Gasteiger partial charge in [0.05, 0.1) is 0 Å². The Morgan fingerprint density at radius 3 is 2.27 bits per heavy atom. The van der Waals surface area contributed by atoms with Crippen LogP contribution in [0.4, 0.5) is 0 Å². The number of aliphatic carboxylic acids is 1. The van der Waals surface area contributed by atoms with E-state index in [1.165, 1.54) is 0 Å². The molecule has 0 aromatic heterocycles. The van der Waals surface area contributed by atoms with Crippen molar-refractivity contribution in [2.75, 3.05) is 6.54 Å². The summed E-state index contributed by atoms with van der Waals surface area (Å²) >= 11 is 5.91. The van der Waals surface area contributed by atoms with E-state index in [-0.39, 0.29) is 6.04 Å². The molecule has 0 aliphatic carbocycles. The third-order valence-electron chi connectivity index (χ3n) is 4.17. The Morgan fingerprint density at radius 2 is 1.68 bits per heavy atom. The predicted molar refractivity (Wildman–Crippen MR) is 88.0 cm³/mol. The topological polar surface area (TPSA) is 40.5 Å². The molecule has 1 saturated heterocycles. The fourth-order valence-corrected chi connectivity index (χ4v) is 3.10. The Kier molecular flexibility index (Phi) is 4.46. The summed E-state index contributed by atoms with van der Waals surface area (Å²) in [4.78, 5) is 13.3. The summed E-state index contributed by atoms with van der Waals surface area (Å²) in [6.45, 7) is 1.55. The lowest BCUT2D eigenvalue weighted by molar-refractivity contribution is -0.142. The molecule has 2 aromatic rings. The van der Waals surface area contributed by atoms with E-state index in [4.69, 9.17) is 11.6 Å². The Balaban J connectivity index is 1.71. The van der Waals surface area contributed by atoms with E-state index < -0.39 is 5.97 Å². The lowest BCUT2D eigenvalue weighted by Crippen LogP contribution is -2.35. The van der Waals surface area contributed by atoms with Crippen LogP contribution in [0, 0.1) is 0 Å². The molecule has 0 unspecified atom stereocenters. The minimum Gasteiger partial charge on any atom is -0.480 e. The Bertz CT molecular complexity index is 652. The molecule has 22 heavy (non-hydrogen) atoms. The number of hydrogen-bond acceptors (Lipinski definition) is 2. The van der Waals surface area contributed by atoms with Crippen LogP contribution in [0.15, 0.2) is 48.5 Å². The quantitative estimate of drug-likeness (QED) is 0.925. The Morgan fingerprint density at radius 1 is 1.09 bits per heavy atom. The molecule has 4 heteroatoms. The van der Waals surface area contributed by atoms with Crippen molar-refractivity contribution < 1.29 is 9.90 Å². The number of carbonyl (C=O) groups is 1. The van der Waals surface area contributed by atoms with Crippen LogP contribution < -0.4 is 0 Å². The zero-order valence-electron chi connectivity index (χ0n) is 12.2. The summed E-state index contributed by atoms with van der Waals surface area (Å²) in [5.74, 6) is -0.713. The van der Waals surface area contributed by atoms with Crippen molar-refractivity contribution in [2.24, 2.45) is 0 Å². The van der Waals surface area contributed by atoms with Crippen LogP contribution in [-0.2, 0) is 11.3 Å². The van der Waals surface area contributed by atoms with Gasteiger partial charge in [-0.2, -0.15) is 0 Å². The van der Waals surface area contributed by atoms with E-state index in [0.29, 0.717) is 6.54 Å². The molecular weight excluding hydrogens is 298 g/mol. The zero-order chi connectivity index (χ0) is 15.5. The number of likely N-dealkylation sites (tertiary alicyclic amines) is 1. The third-order valence-corrected chi connectivity index (χ3v) is 4.42. The number of halogens is 1. The molecule has 114 valence electrons. The van der Waals surface area contributed by atoms with Gasteiger partial charge in [0, 0.05) is 11.6 Å². The first-order valence-corrected chi connectivity index (χ1v) is 7.83. The molecule has 0 amide bonds. The van der Waals surface area contributed by atoms with Gasteiger partial charge in [0.25, 0.3) is 0 Å². The largest absolute Gasteiger partial charge is 0.480 e. The highest BCUT2D eigenvalue weighted by atomic mass is 35.5. The minimum absolute atomic E-state index is 0.337. The second-order valence-electron chi connectivity index (χ2n) is 5.67. The first-order valence-electron chi connectivity index (χ1n) is 7.45. The molecule has 1 atom stereocenters. The molecule has 0 radical (unpaired) electrons. The van der Waals surface area contributed by atoms with Crippen molar-refractivity contribution in [1.29, 1.82) is 0 Å². The van der Waals surface area contributed by atoms with Crippen molar-refractivity contribution in [3.8, 4) is 11.1 Å². The van der Waals surface area contributed by atoms with Gasteiger partial charge in [-0.25, -0.2) is 0 Å². The third kappa shape index (κ3) is 3.32. The second kappa shape index (κ2) is 6.51. The molecule has 3 nitrogen and oxygen atoms in total. The highest BCUT2D eigenvalue weighted by Crippen LogP contribution is 2.24. The molecular formula is C18H18ClNO2. The van der Waals surface area contributed by atoms with E-state index in [1.54, 1.807) is 0 Å². The van der Waals surface area contributed by atoms with Gasteiger partial charge >= 0.3 is 5.97 Å². The van der Waals surface area contributed by atoms with E-state index in [0.717, 1.165) is 41.1 Å². The van der Waals surface area contributed by atoms with Gasteiger partial charge in [-0.05, 0) is 48.2 Å². The predicted octanol–water partition coefficient (Wildman–Crippen LogP) is 4.06. The fraction of sp³-hybridized carbons (Fsp3) is 0.278. The lowest BCUT2D eigenvalue weighted by atomic mass is 10.0. The van der Waals surface area contributed by atoms with E-state index in [9.17, 15) is 9.90 Å². The van der Waals surface area contributed by atoms with E-state index >= 15 is 0 Å². The summed E-state index contributed by atoms with van der Waals surface area (Å²) in [5, 5.41) is 9.96. The molecule has 1 heterocycles. The standard InChI is InChI=1S/C18H18ClNO2/c19-16-9-7-15(8-10-16)14-5-3-13(4-6-14)12-20-11-1-2-17(20)18(21)22/h3-10,17H,1-2,11-12H2,(H,21,22)/t17-/m0/s1. The Hall–Kier alpha value is -1.84. The highest BCUT2D eigenvalue weighted by molar-refractivity contribution is 6.30. The van der Waals surface area contributed by atoms with Crippen molar-refractivity contribution in [3.05, 3.63) is 59.1 Å². The van der Waals surface area contributed by atoms with Gasteiger partial charge in [-0.3, -0.25) is 9.69 Å². The smallest absolute Gasteiger partial charge is 0.320 e. The molecule has 0 bridgehead atoms. The normalized spacial score (nSPS) is 18.5. The van der Waals surface area contributed by atoms with Crippen LogP contribution in [-0.4, -0.2) is 28.6 Å². The van der Waals surface area contributed by atoms with Crippen LogP contribution >= 0.6 is 11.6 Å². The average Bonchev–Trinajstić information content (AvgIpc) is 2.97. The average molecular weight is 316 g/mol. The molecule has 2 aromatic carbocycles. The van der Waals surface area contributed by atoms with Gasteiger partial charge in [0.2, 0.25) is 0 Å². The lowest BCUT2D eigenvalue weighted by Gasteiger charge is -2.21. The number of nitrogens with zero attached hydrogens (tertiary/aromatic N) is 1. The van der Waals surface area contributed by atoms with E-state index in [2.05, 4.69) is 24.3 Å². The number of benzene rings is 2. The maximum atomic E-state index is 11.2. The van der Waals surface area contributed by atoms with Crippen LogP contribution in [0.25, 0.3) is 11.1 Å². The van der Waals surface area contributed by atoms with Gasteiger partial charge in [0.1, 0.15) is 6.04 Å². The summed E-state index contributed by atoms with van der Waals surface area (Å²) in [7, 11) is 0. The fourth-order valence-electron chi connectivity index (χ4n) is 2.97. The second-order valence-corrected chi connectivity index (χ2v) is 6.11. The maximum absolute atomic E-state index is 11.2. The summed E-state index contributed by atoms with van der Waals surface area (Å²) in [5.41, 5.74) is 3.41.